The molecule has 0 spiro atoms. The van der Waals surface area contributed by atoms with Crippen LogP contribution in [-0.2, 0) is 11.3 Å². The number of hydrogen-bond acceptors (Lipinski definition) is 5. The van der Waals surface area contributed by atoms with E-state index >= 15 is 0 Å². The maximum absolute atomic E-state index is 13.1. The maximum Gasteiger partial charge on any atom is 0.246 e. The quantitative estimate of drug-likeness (QED) is 0.584. The highest BCUT2D eigenvalue weighted by molar-refractivity contribution is 6.31. The van der Waals surface area contributed by atoms with E-state index in [1.54, 1.807) is 36.4 Å². The van der Waals surface area contributed by atoms with E-state index in [1.807, 2.05) is 11.8 Å². The first-order valence-corrected chi connectivity index (χ1v) is 10.2. The Bertz CT molecular complexity index is 1080. The van der Waals surface area contributed by atoms with Gasteiger partial charge >= 0.3 is 0 Å². The first kappa shape index (κ1) is 20.5. The SMILES string of the molecule is C[C@@H]1CN(C(=O)C=Cc2cc(Cl)cc3nonc23)[C@@H](C)CN1Cc1ccc(F)cc1. The summed E-state index contributed by atoms with van der Waals surface area (Å²) in [6.45, 7) is 6.22. The van der Waals surface area contributed by atoms with Gasteiger partial charge in [-0.05, 0) is 60.1 Å². The van der Waals surface area contributed by atoms with Crippen LogP contribution in [0.15, 0.2) is 47.1 Å². The molecule has 8 heteroatoms. The molecule has 0 bridgehead atoms. The van der Waals surface area contributed by atoms with E-state index in [1.165, 1.54) is 12.1 Å². The van der Waals surface area contributed by atoms with Gasteiger partial charge in [-0.1, -0.05) is 23.7 Å². The lowest BCUT2D eigenvalue weighted by Crippen LogP contribution is -2.57. The average molecular weight is 429 g/mol. The number of aromatic nitrogens is 2. The maximum atomic E-state index is 13.1. The zero-order chi connectivity index (χ0) is 21.3. The monoisotopic (exact) mass is 428 g/mol. The molecule has 1 aliphatic heterocycles. The molecule has 1 aromatic heterocycles. The van der Waals surface area contributed by atoms with Gasteiger partial charge in [-0.15, -0.1) is 0 Å². The lowest BCUT2D eigenvalue weighted by atomic mass is 10.1. The Morgan fingerprint density at radius 3 is 2.73 bits per heavy atom. The molecule has 0 unspecified atom stereocenters. The molecular formula is C22H22ClFN4O2. The number of halogens is 2. The van der Waals surface area contributed by atoms with Crippen LogP contribution < -0.4 is 0 Å². The number of benzene rings is 2. The molecule has 1 saturated heterocycles. The topological polar surface area (TPSA) is 62.5 Å². The molecule has 2 atom stereocenters. The van der Waals surface area contributed by atoms with Crippen molar-refractivity contribution < 1.29 is 13.8 Å². The van der Waals surface area contributed by atoms with Crippen LogP contribution in [0, 0.1) is 5.82 Å². The minimum atomic E-state index is -0.235. The van der Waals surface area contributed by atoms with Gasteiger partial charge in [0.2, 0.25) is 5.91 Å². The Morgan fingerprint density at radius 1 is 1.20 bits per heavy atom. The zero-order valence-corrected chi connectivity index (χ0v) is 17.5. The molecule has 3 aromatic rings. The molecule has 1 amide bonds. The first-order chi connectivity index (χ1) is 14.4. The molecule has 0 saturated carbocycles. The van der Waals surface area contributed by atoms with Gasteiger partial charge in [0.15, 0.2) is 0 Å². The third-order valence-electron chi connectivity index (χ3n) is 5.46. The van der Waals surface area contributed by atoms with Gasteiger partial charge in [-0.3, -0.25) is 9.69 Å². The van der Waals surface area contributed by atoms with Crippen molar-refractivity contribution in [1.29, 1.82) is 0 Å². The molecule has 0 radical (unpaired) electrons. The van der Waals surface area contributed by atoms with Crippen LogP contribution >= 0.6 is 11.6 Å². The van der Waals surface area contributed by atoms with Gasteiger partial charge in [-0.2, -0.15) is 0 Å². The fraction of sp³-hybridized carbons (Fsp3) is 0.318. The highest BCUT2D eigenvalue weighted by Gasteiger charge is 2.31. The normalized spacial score (nSPS) is 20.3. The predicted molar refractivity (Wildman–Crippen MR) is 113 cm³/mol. The summed E-state index contributed by atoms with van der Waals surface area (Å²) >= 11 is 6.11. The Balaban J connectivity index is 1.44. The van der Waals surface area contributed by atoms with Gasteiger partial charge in [0.25, 0.3) is 0 Å². The van der Waals surface area contributed by atoms with Crippen LogP contribution in [0.25, 0.3) is 17.1 Å². The van der Waals surface area contributed by atoms with Crippen molar-refractivity contribution in [2.24, 2.45) is 0 Å². The fourth-order valence-corrected chi connectivity index (χ4v) is 4.03. The van der Waals surface area contributed by atoms with E-state index < -0.39 is 0 Å². The van der Waals surface area contributed by atoms with Crippen molar-refractivity contribution in [2.45, 2.75) is 32.5 Å². The summed E-state index contributed by atoms with van der Waals surface area (Å²) in [5.41, 5.74) is 2.85. The van der Waals surface area contributed by atoms with Crippen LogP contribution in [0.3, 0.4) is 0 Å². The van der Waals surface area contributed by atoms with Crippen molar-refractivity contribution in [3.63, 3.8) is 0 Å². The smallest absolute Gasteiger partial charge is 0.246 e. The second-order valence-electron chi connectivity index (χ2n) is 7.70. The number of piperazine rings is 1. The molecule has 30 heavy (non-hydrogen) atoms. The molecule has 1 aliphatic rings. The standard InChI is InChI=1S/C22H22ClFN4O2/c1-14-12-28(15(2)11-27(14)13-16-3-6-19(24)7-4-16)21(29)8-5-17-9-18(23)10-20-22(17)26-30-25-20/h3-10,14-15H,11-13H2,1-2H3/t14-,15+/m1/s1. The van der Waals surface area contributed by atoms with E-state index in [0.29, 0.717) is 28.2 Å². The van der Waals surface area contributed by atoms with Crippen LogP contribution in [0.2, 0.25) is 5.02 Å². The molecular weight excluding hydrogens is 407 g/mol. The number of nitrogens with zero attached hydrogens (tertiary/aromatic N) is 4. The number of hydrogen-bond donors (Lipinski definition) is 0. The Hall–Kier alpha value is -2.77. The highest BCUT2D eigenvalue weighted by atomic mass is 35.5. The van der Waals surface area contributed by atoms with Gasteiger partial charge in [0.05, 0.1) is 0 Å². The Morgan fingerprint density at radius 2 is 1.97 bits per heavy atom. The summed E-state index contributed by atoms with van der Waals surface area (Å²) in [7, 11) is 0. The van der Waals surface area contributed by atoms with Gasteiger partial charge in [0.1, 0.15) is 16.9 Å². The molecule has 0 N–H and O–H groups in total. The molecule has 4 rings (SSSR count). The van der Waals surface area contributed by atoms with Gasteiger partial charge in [0, 0.05) is 48.4 Å². The zero-order valence-electron chi connectivity index (χ0n) is 16.8. The second-order valence-corrected chi connectivity index (χ2v) is 8.14. The predicted octanol–water partition coefficient (Wildman–Crippen LogP) is 4.15. The van der Waals surface area contributed by atoms with Gasteiger partial charge < -0.3 is 4.90 Å². The summed E-state index contributed by atoms with van der Waals surface area (Å²) in [5.74, 6) is -0.305. The van der Waals surface area contributed by atoms with E-state index in [0.717, 1.165) is 18.7 Å². The van der Waals surface area contributed by atoms with Crippen LogP contribution in [0.4, 0.5) is 4.39 Å². The fourth-order valence-electron chi connectivity index (χ4n) is 3.81. The number of carbonyl (C=O) groups is 1. The Kier molecular flexibility index (Phi) is 5.83. The minimum Gasteiger partial charge on any atom is -0.334 e. The minimum absolute atomic E-state index is 0.0481. The van der Waals surface area contributed by atoms with E-state index in [-0.39, 0.29) is 23.8 Å². The summed E-state index contributed by atoms with van der Waals surface area (Å²) in [6.07, 6.45) is 3.24. The first-order valence-electron chi connectivity index (χ1n) is 9.79. The molecule has 156 valence electrons. The number of amides is 1. The molecule has 6 nitrogen and oxygen atoms in total. The Labute approximate surface area is 178 Å². The molecule has 0 aliphatic carbocycles. The largest absolute Gasteiger partial charge is 0.334 e. The van der Waals surface area contributed by atoms with Crippen LogP contribution in [0.5, 0.6) is 0 Å². The number of fused-ring (bicyclic) bond motifs is 1. The molecule has 2 aromatic carbocycles. The molecule has 1 fully saturated rings. The number of rotatable bonds is 4. The lowest BCUT2D eigenvalue weighted by Gasteiger charge is -2.43. The highest BCUT2D eigenvalue weighted by Crippen LogP contribution is 2.23. The lowest BCUT2D eigenvalue weighted by molar-refractivity contribution is -0.131. The van der Waals surface area contributed by atoms with E-state index in [4.69, 9.17) is 16.2 Å². The molecule has 2 heterocycles. The average Bonchev–Trinajstić information content (AvgIpc) is 3.18. The van der Waals surface area contributed by atoms with Crippen molar-refractivity contribution in [3.05, 3.63) is 64.4 Å². The summed E-state index contributed by atoms with van der Waals surface area (Å²) in [6, 6.07) is 10.2. The van der Waals surface area contributed by atoms with Crippen LogP contribution in [0.1, 0.15) is 25.0 Å². The van der Waals surface area contributed by atoms with E-state index in [2.05, 4.69) is 22.1 Å². The van der Waals surface area contributed by atoms with Gasteiger partial charge in [-0.25, -0.2) is 9.02 Å². The number of carbonyl (C=O) groups excluding carboxylic acids is 1. The van der Waals surface area contributed by atoms with Crippen molar-refractivity contribution >= 4 is 34.6 Å². The van der Waals surface area contributed by atoms with Crippen molar-refractivity contribution in [1.82, 2.24) is 20.1 Å². The third kappa shape index (κ3) is 4.37. The van der Waals surface area contributed by atoms with Crippen molar-refractivity contribution in [3.8, 4) is 0 Å². The van der Waals surface area contributed by atoms with Crippen LogP contribution in [-0.4, -0.2) is 51.2 Å². The summed E-state index contributed by atoms with van der Waals surface area (Å²) in [4.78, 5) is 17.1. The summed E-state index contributed by atoms with van der Waals surface area (Å²) in [5, 5.41) is 8.18. The second kappa shape index (κ2) is 8.53. The third-order valence-corrected chi connectivity index (χ3v) is 5.68. The summed E-state index contributed by atoms with van der Waals surface area (Å²) < 4.78 is 17.9. The van der Waals surface area contributed by atoms with E-state index in [9.17, 15) is 9.18 Å². The van der Waals surface area contributed by atoms with Crippen molar-refractivity contribution in [2.75, 3.05) is 13.1 Å².